The molecule has 104 valence electrons. The van der Waals surface area contributed by atoms with E-state index in [2.05, 4.69) is 15.9 Å². The van der Waals surface area contributed by atoms with Crippen LogP contribution in [0.4, 0.5) is 5.69 Å². The molecule has 0 spiro atoms. The average molecular weight is 337 g/mol. The summed E-state index contributed by atoms with van der Waals surface area (Å²) in [7, 11) is 0. The van der Waals surface area contributed by atoms with Crippen molar-refractivity contribution in [3.8, 4) is 11.5 Å². The first-order valence-corrected chi connectivity index (χ1v) is 6.75. The maximum atomic E-state index is 11.1. The van der Waals surface area contributed by atoms with Crippen LogP contribution in [0.1, 0.15) is 18.5 Å². The van der Waals surface area contributed by atoms with Crippen LogP contribution in [0.5, 0.6) is 11.5 Å². The fourth-order valence-corrected chi connectivity index (χ4v) is 2.24. The zero-order valence-corrected chi connectivity index (χ0v) is 12.3. The molecule has 0 aliphatic heterocycles. The summed E-state index contributed by atoms with van der Waals surface area (Å²) in [6.45, 7) is 1.83. The van der Waals surface area contributed by atoms with Gasteiger partial charge >= 0.3 is 5.69 Å². The number of nitro benzene ring substituents is 1. The molecule has 0 radical (unpaired) electrons. The highest BCUT2D eigenvalue weighted by molar-refractivity contribution is 9.10. The van der Waals surface area contributed by atoms with E-state index in [-0.39, 0.29) is 17.5 Å². The molecule has 2 N–H and O–H groups in total. The summed E-state index contributed by atoms with van der Waals surface area (Å²) in [5.74, 6) is 0.683. The Morgan fingerprint density at radius 1 is 1.25 bits per heavy atom. The van der Waals surface area contributed by atoms with E-state index in [0.29, 0.717) is 10.2 Å². The molecule has 0 aromatic heterocycles. The number of rotatable bonds is 4. The number of nitro groups is 1. The summed E-state index contributed by atoms with van der Waals surface area (Å²) < 4.78 is 6.25. The second-order valence-electron chi connectivity index (χ2n) is 4.27. The molecule has 2 aromatic carbocycles. The molecule has 6 heteroatoms. The van der Waals surface area contributed by atoms with Crippen molar-refractivity contribution in [3.63, 3.8) is 0 Å². The van der Waals surface area contributed by atoms with Gasteiger partial charge in [-0.3, -0.25) is 10.1 Å². The van der Waals surface area contributed by atoms with Crippen LogP contribution in [0.15, 0.2) is 46.9 Å². The molecule has 0 fully saturated rings. The van der Waals surface area contributed by atoms with E-state index >= 15 is 0 Å². The Hall–Kier alpha value is -1.92. The van der Waals surface area contributed by atoms with Gasteiger partial charge in [-0.25, -0.2) is 0 Å². The molecule has 0 saturated heterocycles. The largest absolute Gasteiger partial charge is 0.449 e. The first-order valence-electron chi connectivity index (χ1n) is 5.96. The van der Waals surface area contributed by atoms with Crippen LogP contribution in [0.3, 0.4) is 0 Å². The van der Waals surface area contributed by atoms with Gasteiger partial charge in [-0.1, -0.05) is 24.3 Å². The molecular formula is C14H13BrN2O3. The third-order valence-corrected chi connectivity index (χ3v) is 3.39. The highest BCUT2D eigenvalue weighted by atomic mass is 79.9. The zero-order chi connectivity index (χ0) is 14.7. The van der Waals surface area contributed by atoms with Gasteiger partial charge in [0.05, 0.1) is 9.40 Å². The number of hydrogen-bond donors (Lipinski definition) is 1. The van der Waals surface area contributed by atoms with E-state index in [1.807, 2.05) is 19.1 Å². The van der Waals surface area contributed by atoms with Gasteiger partial charge in [-0.15, -0.1) is 0 Å². The van der Waals surface area contributed by atoms with Crippen LogP contribution >= 0.6 is 15.9 Å². The van der Waals surface area contributed by atoms with Crippen molar-refractivity contribution in [2.75, 3.05) is 0 Å². The van der Waals surface area contributed by atoms with Crippen molar-refractivity contribution in [2.45, 2.75) is 13.0 Å². The Labute approximate surface area is 124 Å². The molecule has 2 rings (SSSR count). The maximum absolute atomic E-state index is 11.1. The minimum absolute atomic E-state index is 0.0983. The Balaban J connectivity index is 2.48. The molecule has 0 aliphatic carbocycles. The van der Waals surface area contributed by atoms with Crippen LogP contribution in [0, 0.1) is 10.1 Å². The van der Waals surface area contributed by atoms with E-state index in [0.717, 1.165) is 5.56 Å². The summed E-state index contributed by atoms with van der Waals surface area (Å²) >= 11 is 3.27. The van der Waals surface area contributed by atoms with Crippen LogP contribution in [-0.4, -0.2) is 4.92 Å². The van der Waals surface area contributed by atoms with Crippen molar-refractivity contribution in [1.29, 1.82) is 0 Å². The van der Waals surface area contributed by atoms with E-state index in [4.69, 9.17) is 10.5 Å². The lowest BCUT2D eigenvalue weighted by Gasteiger charge is -2.14. The van der Waals surface area contributed by atoms with Crippen LogP contribution in [0.25, 0.3) is 0 Å². The lowest BCUT2D eigenvalue weighted by atomic mass is 10.1. The monoisotopic (exact) mass is 336 g/mol. The summed E-state index contributed by atoms with van der Waals surface area (Å²) in [4.78, 5) is 10.6. The lowest BCUT2D eigenvalue weighted by molar-refractivity contribution is -0.385. The number of benzene rings is 2. The third kappa shape index (κ3) is 2.97. The first-order chi connectivity index (χ1) is 9.50. The summed E-state index contributed by atoms with van der Waals surface area (Å²) in [5.41, 5.74) is 6.57. The minimum atomic E-state index is -0.478. The predicted octanol–water partition coefficient (Wildman–Crippen LogP) is 4.17. The second kappa shape index (κ2) is 6.02. The minimum Gasteiger partial charge on any atom is -0.449 e. The molecule has 2 aromatic rings. The van der Waals surface area contributed by atoms with Gasteiger partial charge in [-0.2, -0.15) is 0 Å². The van der Waals surface area contributed by atoms with Crippen molar-refractivity contribution in [1.82, 2.24) is 0 Å². The number of hydrogen-bond acceptors (Lipinski definition) is 4. The summed E-state index contributed by atoms with van der Waals surface area (Å²) in [6, 6.07) is 11.7. The van der Waals surface area contributed by atoms with E-state index in [9.17, 15) is 10.1 Å². The molecule has 0 heterocycles. The predicted molar refractivity (Wildman–Crippen MR) is 79.9 cm³/mol. The van der Waals surface area contributed by atoms with Gasteiger partial charge in [-0.05, 0) is 35.0 Å². The van der Waals surface area contributed by atoms with Gasteiger partial charge in [0.2, 0.25) is 5.75 Å². The van der Waals surface area contributed by atoms with Crippen molar-refractivity contribution in [3.05, 3.63) is 62.6 Å². The Bertz CT molecular complexity index is 644. The number of ether oxygens (including phenoxy) is 1. The van der Waals surface area contributed by atoms with Gasteiger partial charge in [0.25, 0.3) is 0 Å². The Morgan fingerprint density at radius 3 is 2.60 bits per heavy atom. The van der Waals surface area contributed by atoms with Crippen molar-refractivity contribution < 1.29 is 9.66 Å². The highest BCUT2D eigenvalue weighted by Gasteiger charge is 2.20. The van der Waals surface area contributed by atoms with Crippen LogP contribution in [0.2, 0.25) is 0 Å². The lowest BCUT2D eigenvalue weighted by Crippen LogP contribution is -2.06. The molecule has 0 saturated carbocycles. The SMILES string of the molecule is CC(N)c1ccccc1Oc1c(Br)cccc1[N+](=O)[O-]. The number of nitrogens with two attached hydrogens (primary N) is 1. The Morgan fingerprint density at radius 2 is 1.95 bits per heavy atom. The molecule has 1 atom stereocenters. The van der Waals surface area contributed by atoms with Crippen LogP contribution < -0.4 is 10.5 Å². The number of halogens is 1. The maximum Gasteiger partial charge on any atom is 0.312 e. The van der Waals surface area contributed by atoms with Crippen molar-refractivity contribution >= 4 is 21.6 Å². The standard InChI is InChI=1S/C14H13BrN2O3/c1-9(16)10-5-2-3-8-13(10)20-14-11(15)6-4-7-12(14)17(18)19/h2-9H,16H2,1H3. The smallest absolute Gasteiger partial charge is 0.312 e. The fourth-order valence-electron chi connectivity index (χ4n) is 1.80. The van der Waals surface area contributed by atoms with Gasteiger partial charge < -0.3 is 10.5 Å². The Kier molecular flexibility index (Phi) is 4.36. The second-order valence-corrected chi connectivity index (χ2v) is 5.13. The van der Waals surface area contributed by atoms with Crippen molar-refractivity contribution in [2.24, 2.45) is 5.73 Å². The summed E-state index contributed by atoms with van der Waals surface area (Å²) in [6.07, 6.45) is 0. The van der Waals surface area contributed by atoms with E-state index in [1.54, 1.807) is 24.3 Å². The third-order valence-electron chi connectivity index (χ3n) is 2.76. The quantitative estimate of drug-likeness (QED) is 0.671. The number of nitrogens with zero attached hydrogens (tertiary/aromatic N) is 1. The number of para-hydroxylation sites is 2. The average Bonchev–Trinajstić information content (AvgIpc) is 2.41. The van der Waals surface area contributed by atoms with E-state index < -0.39 is 4.92 Å². The topological polar surface area (TPSA) is 78.4 Å². The molecule has 0 bridgehead atoms. The van der Waals surface area contributed by atoms with E-state index in [1.165, 1.54) is 6.07 Å². The molecule has 20 heavy (non-hydrogen) atoms. The normalized spacial score (nSPS) is 11.9. The van der Waals surface area contributed by atoms with Gasteiger partial charge in [0.15, 0.2) is 0 Å². The molecule has 1 unspecified atom stereocenters. The highest BCUT2D eigenvalue weighted by Crippen LogP contribution is 2.39. The molecular weight excluding hydrogens is 324 g/mol. The molecule has 0 aliphatic rings. The first kappa shape index (κ1) is 14.5. The molecule has 5 nitrogen and oxygen atoms in total. The zero-order valence-electron chi connectivity index (χ0n) is 10.7. The molecule has 0 amide bonds. The summed E-state index contributed by atoms with van der Waals surface area (Å²) in [5, 5.41) is 11.1. The van der Waals surface area contributed by atoms with Gasteiger partial charge in [0, 0.05) is 17.7 Å². The fraction of sp³-hybridized carbons (Fsp3) is 0.143. The van der Waals surface area contributed by atoms with Gasteiger partial charge in [0.1, 0.15) is 5.75 Å². The van der Waals surface area contributed by atoms with Crippen LogP contribution in [-0.2, 0) is 0 Å².